The molecule has 0 spiro atoms. The number of ketones is 1. The van der Waals surface area contributed by atoms with Crippen LogP contribution < -0.4 is 4.74 Å². The first kappa shape index (κ1) is 26.3. The van der Waals surface area contributed by atoms with Gasteiger partial charge in [0.2, 0.25) is 0 Å². The summed E-state index contributed by atoms with van der Waals surface area (Å²) >= 11 is 0. The molecule has 1 aliphatic heterocycles. The second-order valence-corrected chi connectivity index (χ2v) is 9.90. The number of rotatable bonds is 8. The van der Waals surface area contributed by atoms with E-state index < -0.39 is 12.2 Å². The first-order valence-corrected chi connectivity index (χ1v) is 12.0. The van der Waals surface area contributed by atoms with Gasteiger partial charge in [-0.2, -0.15) is 0 Å². The van der Waals surface area contributed by atoms with Crippen LogP contribution in [0.5, 0.6) is 17.2 Å². The number of aromatic hydroxyl groups is 2. The molecule has 0 radical (unpaired) electrons. The maximum Gasteiger partial charge on any atom is 0.170 e. The minimum absolute atomic E-state index is 0.0582. The molecule has 3 rings (SSSR count). The van der Waals surface area contributed by atoms with E-state index in [0.717, 1.165) is 16.7 Å². The Morgan fingerprint density at radius 1 is 1.06 bits per heavy atom. The van der Waals surface area contributed by atoms with E-state index in [1.54, 1.807) is 25.1 Å². The van der Waals surface area contributed by atoms with Crippen molar-refractivity contribution in [1.82, 2.24) is 0 Å². The van der Waals surface area contributed by atoms with Gasteiger partial charge in [0.05, 0.1) is 18.1 Å². The van der Waals surface area contributed by atoms with E-state index in [1.165, 1.54) is 0 Å². The predicted molar refractivity (Wildman–Crippen MR) is 139 cm³/mol. The van der Waals surface area contributed by atoms with Gasteiger partial charge >= 0.3 is 0 Å². The Morgan fingerprint density at radius 3 is 2.31 bits per heavy atom. The van der Waals surface area contributed by atoms with E-state index in [9.17, 15) is 20.1 Å². The highest BCUT2D eigenvalue weighted by molar-refractivity contribution is 6.00. The Hall–Kier alpha value is -3.31. The van der Waals surface area contributed by atoms with Crippen molar-refractivity contribution < 1.29 is 24.9 Å². The molecule has 0 aromatic heterocycles. The molecule has 2 aromatic rings. The number of phenolic OH excluding ortho intramolecular Hbond substituents is 2. The van der Waals surface area contributed by atoms with Crippen molar-refractivity contribution in [2.75, 3.05) is 0 Å². The lowest BCUT2D eigenvalue weighted by atomic mass is 9.89. The third kappa shape index (κ3) is 6.23. The Balaban J connectivity index is 2.08. The van der Waals surface area contributed by atoms with Crippen molar-refractivity contribution in [2.45, 2.75) is 72.5 Å². The normalized spacial score (nSPS) is 15.6. The molecule has 2 aromatic carbocycles. The molecular formula is C30H36O5. The van der Waals surface area contributed by atoms with Gasteiger partial charge in [-0.15, -0.1) is 0 Å². The number of carbonyl (C=O) groups excluding carboxylic acids is 1. The molecule has 0 saturated heterocycles. The molecule has 0 saturated carbocycles. The third-order valence-corrected chi connectivity index (χ3v) is 6.26. The molecule has 1 aliphatic rings. The van der Waals surface area contributed by atoms with Gasteiger partial charge in [-0.1, -0.05) is 35.5 Å². The Morgan fingerprint density at radius 2 is 1.69 bits per heavy atom. The van der Waals surface area contributed by atoms with Crippen LogP contribution >= 0.6 is 0 Å². The van der Waals surface area contributed by atoms with E-state index in [-0.39, 0.29) is 30.1 Å². The van der Waals surface area contributed by atoms with Crippen molar-refractivity contribution >= 4 is 5.78 Å². The number of hydrogen-bond donors (Lipinski definition) is 3. The summed E-state index contributed by atoms with van der Waals surface area (Å²) in [6.45, 7) is 13.5. The van der Waals surface area contributed by atoms with Crippen LogP contribution in [0.3, 0.4) is 0 Å². The predicted octanol–water partition coefficient (Wildman–Crippen LogP) is 6.30. The molecular weight excluding hydrogens is 440 g/mol. The zero-order valence-electron chi connectivity index (χ0n) is 21.3. The number of Topliss-reactive ketones (excluding diaryl/α,β-unsaturated/α-hetero) is 1. The SMILES string of the molecule is C=C(C)C(O)Cc1cc(C2CC(=O)c3ccc(O)c(CC=C(C)C)c3O2)cc(CC=C(C)C)c1O. The van der Waals surface area contributed by atoms with Crippen molar-refractivity contribution in [1.29, 1.82) is 0 Å². The van der Waals surface area contributed by atoms with Crippen LogP contribution in [-0.2, 0) is 19.3 Å². The number of ether oxygens (including phenoxy) is 1. The van der Waals surface area contributed by atoms with Crippen LogP contribution in [0.1, 0.15) is 79.8 Å². The average molecular weight is 477 g/mol. The molecule has 0 aliphatic carbocycles. The molecule has 0 bridgehead atoms. The number of aliphatic hydroxyl groups excluding tert-OH is 1. The summed E-state index contributed by atoms with van der Waals surface area (Å²) in [5.74, 6) is 0.578. The smallest absolute Gasteiger partial charge is 0.170 e. The van der Waals surface area contributed by atoms with Crippen LogP contribution in [0, 0.1) is 0 Å². The molecule has 0 amide bonds. The summed E-state index contributed by atoms with van der Waals surface area (Å²) in [6.07, 6.45) is 3.97. The molecule has 186 valence electrons. The molecule has 3 N–H and O–H groups in total. The van der Waals surface area contributed by atoms with E-state index in [0.29, 0.717) is 46.4 Å². The van der Waals surface area contributed by atoms with Crippen molar-refractivity contribution in [2.24, 2.45) is 0 Å². The Bertz CT molecular complexity index is 1190. The number of benzene rings is 2. The quantitative estimate of drug-likeness (QED) is 0.389. The summed E-state index contributed by atoms with van der Waals surface area (Å²) in [5, 5.41) is 31.9. The lowest BCUT2D eigenvalue weighted by Gasteiger charge is -2.28. The first-order chi connectivity index (χ1) is 16.5. The van der Waals surface area contributed by atoms with E-state index >= 15 is 0 Å². The lowest BCUT2D eigenvalue weighted by molar-refractivity contribution is 0.0847. The maximum absolute atomic E-state index is 13.1. The molecule has 1 heterocycles. The Labute approximate surface area is 208 Å². The fourth-order valence-corrected chi connectivity index (χ4v) is 4.10. The van der Waals surface area contributed by atoms with Crippen LogP contribution in [-0.4, -0.2) is 27.2 Å². The highest BCUT2D eigenvalue weighted by Crippen LogP contribution is 2.42. The van der Waals surface area contributed by atoms with E-state index in [4.69, 9.17) is 4.74 Å². The van der Waals surface area contributed by atoms with Gasteiger partial charge < -0.3 is 20.1 Å². The number of carbonyl (C=O) groups is 1. The highest BCUT2D eigenvalue weighted by Gasteiger charge is 2.31. The molecule has 0 fully saturated rings. The summed E-state index contributed by atoms with van der Waals surface area (Å²) < 4.78 is 6.37. The fourth-order valence-electron chi connectivity index (χ4n) is 4.10. The lowest BCUT2D eigenvalue weighted by Crippen LogP contribution is -2.22. The van der Waals surface area contributed by atoms with E-state index in [1.807, 2.05) is 45.9 Å². The van der Waals surface area contributed by atoms with Gasteiger partial charge in [0.25, 0.3) is 0 Å². The largest absolute Gasteiger partial charge is 0.508 e. The van der Waals surface area contributed by atoms with Crippen molar-refractivity contribution in [3.05, 3.63) is 87.5 Å². The number of phenols is 2. The van der Waals surface area contributed by atoms with Crippen molar-refractivity contribution in [3.63, 3.8) is 0 Å². The molecule has 35 heavy (non-hydrogen) atoms. The van der Waals surface area contributed by atoms with Gasteiger partial charge in [0.1, 0.15) is 23.4 Å². The molecule has 2 atom stereocenters. The molecule has 2 unspecified atom stereocenters. The van der Waals surface area contributed by atoms with Gasteiger partial charge in [0, 0.05) is 12.0 Å². The monoisotopic (exact) mass is 476 g/mol. The number of hydrogen-bond acceptors (Lipinski definition) is 5. The summed E-state index contributed by atoms with van der Waals surface area (Å²) in [5.41, 5.74) is 5.92. The summed E-state index contributed by atoms with van der Waals surface area (Å²) in [7, 11) is 0. The second-order valence-electron chi connectivity index (χ2n) is 9.90. The zero-order chi connectivity index (χ0) is 25.9. The number of aliphatic hydroxyl groups is 1. The van der Waals surface area contributed by atoms with Gasteiger partial charge in [0.15, 0.2) is 5.78 Å². The topological polar surface area (TPSA) is 87.0 Å². The standard InChI is InChI=1S/C30H36O5/c1-17(2)7-9-20-13-21(14-22(29(20)34)15-26(32)19(5)6)28-16-27(33)24-11-12-25(31)23(30(24)35-28)10-8-18(3)4/h7-8,11-14,26,28,31-32,34H,5,9-10,15-16H2,1-4,6H3. The van der Waals surface area contributed by atoms with E-state index in [2.05, 4.69) is 6.58 Å². The molecule has 5 heteroatoms. The minimum Gasteiger partial charge on any atom is -0.508 e. The van der Waals surface area contributed by atoms with Gasteiger partial charge in [-0.3, -0.25) is 4.79 Å². The minimum atomic E-state index is -0.797. The zero-order valence-corrected chi connectivity index (χ0v) is 21.3. The van der Waals surface area contributed by atoms with Crippen LogP contribution in [0.15, 0.2) is 59.7 Å². The second kappa shape index (κ2) is 11.0. The first-order valence-electron chi connectivity index (χ1n) is 12.0. The Kier molecular flexibility index (Phi) is 8.23. The van der Waals surface area contributed by atoms with Crippen LogP contribution in [0.4, 0.5) is 0 Å². The third-order valence-electron chi connectivity index (χ3n) is 6.26. The number of allylic oxidation sites excluding steroid dienone is 4. The van der Waals surface area contributed by atoms with Gasteiger partial charge in [-0.05, 0) is 88.4 Å². The highest BCUT2D eigenvalue weighted by atomic mass is 16.5. The van der Waals surface area contributed by atoms with Crippen molar-refractivity contribution in [3.8, 4) is 17.2 Å². The summed E-state index contributed by atoms with van der Waals surface area (Å²) in [6, 6.07) is 6.83. The van der Waals surface area contributed by atoms with Crippen LogP contribution in [0.25, 0.3) is 0 Å². The molecule has 5 nitrogen and oxygen atoms in total. The maximum atomic E-state index is 13.1. The van der Waals surface area contributed by atoms with Gasteiger partial charge in [-0.25, -0.2) is 0 Å². The average Bonchev–Trinajstić information content (AvgIpc) is 2.78. The number of fused-ring (bicyclic) bond motifs is 1. The summed E-state index contributed by atoms with van der Waals surface area (Å²) in [4.78, 5) is 13.1. The van der Waals surface area contributed by atoms with Crippen LogP contribution in [0.2, 0.25) is 0 Å². The fraction of sp³-hybridized carbons (Fsp3) is 0.367.